The SMILES string of the molecule is O=C(Nc1ccccc1N1CCCC1)C1CCCN(C(=O)c2cccc3ccccc23)C1. The molecule has 5 nitrogen and oxygen atoms in total. The molecular formula is C27H29N3O2. The van der Waals surface area contributed by atoms with E-state index in [4.69, 9.17) is 0 Å². The smallest absolute Gasteiger partial charge is 0.254 e. The number of para-hydroxylation sites is 2. The van der Waals surface area contributed by atoms with Crippen molar-refractivity contribution in [2.45, 2.75) is 25.7 Å². The van der Waals surface area contributed by atoms with Crippen LogP contribution < -0.4 is 10.2 Å². The maximum absolute atomic E-state index is 13.4. The van der Waals surface area contributed by atoms with Crippen LogP contribution >= 0.6 is 0 Å². The molecule has 0 spiro atoms. The second-order valence-electron chi connectivity index (χ2n) is 8.82. The van der Waals surface area contributed by atoms with Crippen molar-refractivity contribution in [2.24, 2.45) is 5.92 Å². The fourth-order valence-corrected chi connectivity index (χ4v) is 5.01. The standard InChI is InChI=1S/C27H29N3O2/c31-26(28-24-14-3-4-15-25(24)29-16-5-6-17-29)21-11-8-18-30(19-21)27(32)23-13-7-10-20-9-1-2-12-22(20)23/h1-4,7,9-10,12-15,21H,5-6,8,11,16-19H2,(H,28,31). The largest absolute Gasteiger partial charge is 0.370 e. The van der Waals surface area contributed by atoms with Gasteiger partial charge < -0.3 is 15.1 Å². The second kappa shape index (κ2) is 9.03. The van der Waals surface area contributed by atoms with Crippen molar-refractivity contribution < 1.29 is 9.59 Å². The molecule has 2 saturated heterocycles. The number of fused-ring (bicyclic) bond motifs is 1. The lowest BCUT2D eigenvalue weighted by atomic mass is 9.95. The number of benzene rings is 3. The highest BCUT2D eigenvalue weighted by Crippen LogP contribution is 2.30. The summed E-state index contributed by atoms with van der Waals surface area (Å²) in [7, 11) is 0. The zero-order valence-electron chi connectivity index (χ0n) is 18.3. The molecule has 0 radical (unpaired) electrons. The van der Waals surface area contributed by atoms with Gasteiger partial charge in [-0.05, 0) is 54.7 Å². The molecule has 2 heterocycles. The summed E-state index contributed by atoms with van der Waals surface area (Å²) in [6.45, 7) is 3.21. The molecule has 5 rings (SSSR count). The van der Waals surface area contributed by atoms with Crippen LogP contribution in [-0.2, 0) is 4.79 Å². The van der Waals surface area contributed by atoms with E-state index in [1.807, 2.05) is 65.6 Å². The van der Waals surface area contributed by atoms with Gasteiger partial charge in [0.1, 0.15) is 0 Å². The molecule has 0 aliphatic carbocycles. The minimum Gasteiger partial charge on any atom is -0.370 e. The zero-order chi connectivity index (χ0) is 21.9. The molecule has 5 heteroatoms. The first-order valence-electron chi connectivity index (χ1n) is 11.6. The first kappa shape index (κ1) is 20.6. The van der Waals surface area contributed by atoms with E-state index >= 15 is 0 Å². The van der Waals surface area contributed by atoms with Gasteiger partial charge in [-0.15, -0.1) is 0 Å². The van der Waals surface area contributed by atoms with Crippen LogP contribution in [0.25, 0.3) is 10.8 Å². The molecule has 164 valence electrons. The number of nitrogens with one attached hydrogen (secondary N) is 1. The van der Waals surface area contributed by atoms with Crippen molar-refractivity contribution in [1.29, 1.82) is 0 Å². The van der Waals surface area contributed by atoms with Crippen molar-refractivity contribution in [3.05, 3.63) is 72.3 Å². The van der Waals surface area contributed by atoms with Gasteiger partial charge in [0.2, 0.25) is 5.91 Å². The van der Waals surface area contributed by atoms with Crippen molar-refractivity contribution in [3.8, 4) is 0 Å². The summed E-state index contributed by atoms with van der Waals surface area (Å²) in [6.07, 6.45) is 4.02. The third-order valence-electron chi connectivity index (χ3n) is 6.71. The lowest BCUT2D eigenvalue weighted by Crippen LogP contribution is -2.43. The molecule has 0 bridgehead atoms. The highest BCUT2D eigenvalue weighted by atomic mass is 16.2. The van der Waals surface area contributed by atoms with Gasteiger partial charge in [-0.25, -0.2) is 0 Å². The number of amides is 2. The van der Waals surface area contributed by atoms with Gasteiger partial charge in [-0.1, -0.05) is 48.5 Å². The predicted molar refractivity (Wildman–Crippen MR) is 129 cm³/mol. The Hall–Kier alpha value is -3.34. The minimum atomic E-state index is -0.200. The molecule has 2 aliphatic heterocycles. The summed E-state index contributed by atoms with van der Waals surface area (Å²) in [5.41, 5.74) is 2.68. The van der Waals surface area contributed by atoms with Gasteiger partial charge in [-0.3, -0.25) is 9.59 Å². The van der Waals surface area contributed by atoms with E-state index in [1.165, 1.54) is 12.8 Å². The Morgan fingerprint density at radius 2 is 1.56 bits per heavy atom. The molecule has 2 amide bonds. The van der Waals surface area contributed by atoms with Gasteiger partial charge in [0.25, 0.3) is 5.91 Å². The van der Waals surface area contributed by atoms with E-state index in [0.717, 1.165) is 48.1 Å². The number of likely N-dealkylation sites (tertiary alicyclic amines) is 1. The normalized spacial score (nSPS) is 18.7. The summed E-state index contributed by atoms with van der Waals surface area (Å²) < 4.78 is 0. The van der Waals surface area contributed by atoms with E-state index in [2.05, 4.69) is 16.3 Å². The van der Waals surface area contributed by atoms with Crippen LogP contribution in [0.4, 0.5) is 11.4 Å². The minimum absolute atomic E-state index is 0.00654. The molecule has 1 unspecified atom stereocenters. The molecule has 32 heavy (non-hydrogen) atoms. The monoisotopic (exact) mass is 427 g/mol. The summed E-state index contributed by atoms with van der Waals surface area (Å²) in [5.74, 6) is -0.182. The topological polar surface area (TPSA) is 52.7 Å². The molecule has 2 aliphatic rings. The van der Waals surface area contributed by atoms with Gasteiger partial charge >= 0.3 is 0 Å². The van der Waals surface area contributed by atoms with E-state index in [9.17, 15) is 9.59 Å². The number of anilines is 2. The first-order chi connectivity index (χ1) is 15.7. The molecule has 0 aromatic heterocycles. The fourth-order valence-electron chi connectivity index (χ4n) is 5.01. The Bertz CT molecular complexity index is 1130. The van der Waals surface area contributed by atoms with Crippen LogP contribution in [0.1, 0.15) is 36.0 Å². The highest BCUT2D eigenvalue weighted by molar-refractivity contribution is 6.07. The summed E-state index contributed by atoms with van der Waals surface area (Å²) in [6, 6.07) is 21.9. The van der Waals surface area contributed by atoms with E-state index < -0.39 is 0 Å². The number of rotatable bonds is 4. The van der Waals surface area contributed by atoms with Crippen LogP contribution in [0.2, 0.25) is 0 Å². The van der Waals surface area contributed by atoms with Crippen LogP contribution in [0.5, 0.6) is 0 Å². The molecule has 1 N–H and O–H groups in total. The fraction of sp³-hybridized carbons (Fsp3) is 0.333. The van der Waals surface area contributed by atoms with Crippen molar-refractivity contribution >= 4 is 34.0 Å². The molecule has 0 saturated carbocycles. The van der Waals surface area contributed by atoms with Gasteiger partial charge in [0, 0.05) is 31.7 Å². The Kier molecular flexibility index (Phi) is 5.80. The van der Waals surface area contributed by atoms with Crippen molar-refractivity contribution in [3.63, 3.8) is 0 Å². The third-order valence-corrected chi connectivity index (χ3v) is 6.71. The lowest BCUT2D eigenvalue weighted by Gasteiger charge is -2.32. The van der Waals surface area contributed by atoms with E-state index in [-0.39, 0.29) is 17.7 Å². The summed E-state index contributed by atoms with van der Waals surface area (Å²) in [5, 5.41) is 5.19. The van der Waals surface area contributed by atoms with Gasteiger partial charge in [-0.2, -0.15) is 0 Å². The molecule has 1 atom stereocenters. The zero-order valence-corrected chi connectivity index (χ0v) is 18.3. The quantitative estimate of drug-likeness (QED) is 0.642. The number of carbonyl (C=O) groups excluding carboxylic acids is 2. The first-order valence-corrected chi connectivity index (χ1v) is 11.6. The van der Waals surface area contributed by atoms with E-state index in [0.29, 0.717) is 18.7 Å². The summed E-state index contributed by atoms with van der Waals surface area (Å²) in [4.78, 5) is 30.7. The van der Waals surface area contributed by atoms with Gasteiger partial charge in [0.05, 0.1) is 17.3 Å². The van der Waals surface area contributed by atoms with Crippen LogP contribution in [-0.4, -0.2) is 42.9 Å². The number of carbonyl (C=O) groups is 2. The van der Waals surface area contributed by atoms with Crippen LogP contribution in [0.3, 0.4) is 0 Å². The van der Waals surface area contributed by atoms with Crippen molar-refractivity contribution in [2.75, 3.05) is 36.4 Å². The highest BCUT2D eigenvalue weighted by Gasteiger charge is 2.30. The average Bonchev–Trinajstić information content (AvgIpc) is 3.38. The third kappa shape index (κ3) is 4.07. The Labute approximate surface area is 189 Å². The lowest BCUT2D eigenvalue weighted by molar-refractivity contribution is -0.121. The van der Waals surface area contributed by atoms with E-state index in [1.54, 1.807) is 0 Å². The Balaban J connectivity index is 1.31. The van der Waals surface area contributed by atoms with Gasteiger partial charge in [0.15, 0.2) is 0 Å². The molecule has 3 aromatic carbocycles. The Morgan fingerprint density at radius 1 is 0.812 bits per heavy atom. The predicted octanol–water partition coefficient (Wildman–Crippen LogP) is 4.93. The number of hydrogen-bond acceptors (Lipinski definition) is 3. The Morgan fingerprint density at radius 3 is 2.44 bits per heavy atom. The van der Waals surface area contributed by atoms with Crippen LogP contribution in [0.15, 0.2) is 66.7 Å². The maximum Gasteiger partial charge on any atom is 0.254 e. The molecule has 3 aromatic rings. The van der Waals surface area contributed by atoms with Crippen LogP contribution in [0, 0.1) is 5.92 Å². The van der Waals surface area contributed by atoms with Crippen molar-refractivity contribution in [1.82, 2.24) is 4.90 Å². The average molecular weight is 428 g/mol. The number of nitrogens with zero attached hydrogens (tertiary/aromatic N) is 2. The second-order valence-corrected chi connectivity index (χ2v) is 8.82. The summed E-state index contributed by atoms with van der Waals surface area (Å²) >= 11 is 0. The molecular weight excluding hydrogens is 398 g/mol. The molecule has 2 fully saturated rings. The number of piperidine rings is 1. The number of hydrogen-bond donors (Lipinski definition) is 1. The maximum atomic E-state index is 13.4.